The van der Waals surface area contributed by atoms with Gasteiger partial charge in [0.15, 0.2) is 0 Å². The molecule has 1 aromatic carbocycles. The normalized spacial score (nSPS) is 10.9. The van der Waals surface area contributed by atoms with E-state index in [4.69, 9.17) is 5.73 Å². The Morgan fingerprint density at radius 1 is 1.20 bits per heavy atom. The Morgan fingerprint density at radius 3 is 2.47 bits per heavy atom. The molecular formula is C12H15N3. The van der Waals surface area contributed by atoms with Crippen molar-refractivity contribution in [1.29, 1.82) is 0 Å². The lowest BCUT2D eigenvalue weighted by atomic mass is 10.1. The van der Waals surface area contributed by atoms with Crippen LogP contribution in [0, 0.1) is 0 Å². The van der Waals surface area contributed by atoms with E-state index in [1.807, 2.05) is 35.0 Å². The van der Waals surface area contributed by atoms with Crippen LogP contribution in [0.15, 0.2) is 36.5 Å². The van der Waals surface area contributed by atoms with Crippen LogP contribution < -0.4 is 5.73 Å². The lowest BCUT2D eigenvalue weighted by molar-refractivity contribution is 0.538. The predicted octanol–water partition coefficient (Wildman–Crippen LogP) is 2.71. The third-order valence-corrected chi connectivity index (χ3v) is 2.36. The predicted molar refractivity (Wildman–Crippen MR) is 62.5 cm³/mol. The van der Waals surface area contributed by atoms with Crippen molar-refractivity contribution in [3.05, 3.63) is 36.5 Å². The number of rotatable bonds is 2. The van der Waals surface area contributed by atoms with Crippen LogP contribution in [0.2, 0.25) is 0 Å². The van der Waals surface area contributed by atoms with Crippen LogP contribution in [0.1, 0.15) is 19.9 Å². The van der Waals surface area contributed by atoms with Gasteiger partial charge in [-0.05, 0) is 13.8 Å². The first-order valence-electron chi connectivity index (χ1n) is 5.08. The van der Waals surface area contributed by atoms with Gasteiger partial charge < -0.3 is 5.73 Å². The fraction of sp³-hybridized carbons (Fsp3) is 0.250. The molecule has 0 saturated heterocycles. The number of nitrogen functional groups attached to an aromatic ring is 1. The van der Waals surface area contributed by atoms with E-state index in [0.29, 0.717) is 6.04 Å². The maximum Gasteiger partial charge on any atom is 0.0915 e. The van der Waals surface area contributed by atoms with Gasteiger partial charge >= 0.3 is 0 Å². The molecule has 1 heterocycles. The molecule has 0 radical (unpaired) electrons. The standard InChI is InChI=1S/C12H15N3/c1-9(2)15-12(11(13)8-14-15)10-6-4-3-5-7-10/h3-9H,13H2,1-2H3. The van der Waals surface area contributed by atoms with E-state index in [0.717, 1.165) is 16.9 Å². The highest BCUT2D eigenvalue weighted by Gasteiger charge is 2.11. The summed E-state index contributed by atoms with van der Waals surface area (Å²) in [5.41, 5.74) is 8.78. The Hall–Kier alpha value is -1.77. The van der Waals surface area contributed by atoms with Crippen LogP contribution in [0.25, 0.3) is 11.3 Å². The minimum atomic E-state index is 0.317. The molecule has 0 amide bonds. The second kappa shape index (κ2) is 3.77. The summed E-state index contributed by atoms with van der Waals surface area (Å²) in [7, 11) is 0. The number of anilines is 1. The Balaban J connectivity index is 2.57. The highest BCUT2D eigenvalue weighted by molar-refractivity contribution is 5.72. The summed E-state index contributed by atoms with van der Waals surface area (Å²) >= 11 is 0. The van der Waals surface area contributed by atoms with Gasteiger partial charge in [0.1, 0.15) is 0 Å². The second-order valence-corrected chi connectivity index (χ2v) is 3.85. The fourth-order valence-corrected chi connectivity index (χ4v) is 1.66. The minimum absolute atomic E-state index is 0.317. The fourth-order valence-electron chi connectivity index (χ4n) is 1.66. The number of benzene rings is 1. The summed E-state index contributed by atoms with van der Waals surface area (Å²) < 4.78 is 1.95. The molecule has 0 unspecified atom stereocenters. The highest BCUT2D eigenvalue weighted by atomic mass is 15.3. The van der Waals surface area contributed by atoms with Crippen molar-refractivity contribution in [3.63, 3.8) is 0 Å². The number of hydrogen-bond acceptors (Lipinski definition) is 2. The van der Waals surface area contributed by atoms with Crippen molar-refractivity contribution < 1.29 is 0 Å². The molecule has 2 N–H and O–H groups in total. The van der Waals surface area contributed by atoms with Crippen molar-refractivity contribution in [2.75, 3.05) is 5.73 Å². The van der Waals surface area contributed by atoms with Gasteiger partial charge in [-0.15, -0.1) is 0 Å². The molecule has 78 valence electrons. The van der Waals surface area contributed by atoms with Crippen LogP contribution in [0.4, 0.5) is 5.69 Å². The largest absolute Gasteiger partial charge is 0.396 e. The summed E-state index contributed by atoms with van der Waals surface area (Å²) in [5, 5.41) is 4.28. The van der Waals surface area contributed by atoms with Gasteiger partial charge in [-0.2, -0.15) is 5.10 Å². The molecule has 1 aromatic heterocycles. The van der Waals surface area contributed by atoms with E-state index in [1.54, 1.807) is 6.20 Å². The van der Waals surface area contributed by atoms with Gasteiger partial charge in [-0.3, -0.25) is 4.68 Å². The van der Waals surface area contributed by atoms with Crippen molar-refractivity contribution in [3.8, 4) is 11.3 Å². The molecule has 3 nitrogen and oxygen atoms in total. The van der Waals surface area contributed by atoms with Crippen LogP contribution in [0.5, 0.6) is 0 Å². The summed E-state index contributed by atoms with van der Waals surface area (Å²) in [5.74, 6) is 0. The molecule has 0 aliphatic heterocycles. The van der Waals surface area contributed by atoms with Gasteiger partial charge in [0.05, 0.1) is 17.6 Å². The first-order chi connectivity index (χ1) is 7.20. The van der Waals surface area contributed by atoms with Gasteiger partial charge in [0.2, 0.25) is 0 Å². The minimum Gasteiger partial charge on any atom is -0.396 e. The van der Waals surface area contributed by atoms with E-state index in [2.05, 4.69) is 18.9 Å². The summed E-state index contributed by atoms with van der Waals surface area (Å²) in [4.78, 5) is 0. The summed E-state index contributed by atoms with van der Waals surface area (Å²) in [6.07, 6.45) is 1.71. The third kappa shape index (κ3) is 1.73. The molecular weight excluding hydrogens is 186 g/mol. The summed E-state index contributed by atoms with van der Waals surface area (Å²) in [6, 6.07) is 10.4. The highest BCUT2D eigenvalue weighted by Crippen LogP contribution is 2.27. The molecule has 0 aliphatic rings. The molecule has 2 aromatic rings. The van der Waals surface area contributed by atoms with Crippen LogP contribution in [-0.2, 0) is 0 Å². The van der Waals surface area contributed by atoms with Gasteiger partial charge in [-0.25, -0.2) is 0 Å². The third-order valence-electron chi connectivity index (χ3n) is 2.36. The van der Waals surface area contributed by atoms with Crippen molar-refractivity contribution in [2.45, 2.75) is 19.9 Å². The lowest BCUT2D eigenvalue weighted by Crippen LogP contribution is -2.05. The zero-order valence-electron chi connectivity index (χ0n) is 9.01. The number of nitrogens with zero attached hydrogens (tertiary/aromatic N) is 2. The Morgan fingerprint density at radius 2 is 1.87 bits per heavy atom. The van der Waals surface area contributed by atoms with Crippen molar-refractivity contribution in [2.24, 2.45) is 0 Å². The van der Waals surface area contributed by atoms with E-state index in [9.17, 15) is 0 Å². The van der Waals surface area contributed by atoms with E-state index in [1.165, 1.54) is 0 Å². The van der Waals surface area contributed by atoms with E-state index < -0.39 is 0 Å². The first-order valence-corrected chi connectivity index (χ1v) is 5.08. The molecule has 0 fully saturated rings. The molecule has 0 saturated carbocycles. The lowest BCUT2D eigenvalue weighted by Gasteiger charge is -2.11. The first kappa shape index (κ1) is 9.77. The molecule has 0 atom stereocenters. The zero-order valence-corrected chi connectivity index (χ0v) is 9.01. The van der Waals surface area contributed by atoms with Crippen LogP contribution >= 0.6 is 0 Å². The maximum atomic E-state index is 5.93. The van der Waals surface area contributed by atoms with E-state index in [-0.39, 0.29) is 0 Å². The maximum absolute atomic E-state index is 5.93. The Labute approximate surface area is 89.5 Å². The van der Waals surface area contributed by atoms with Crippen molar-refractivity contribution >= 4 is 5.69 Å². The summed E-state index contributed by atoms with van der Waals surface area (Å²) in [6.45, 7) is 4.19. The van der Waals surface area contributed by atoms with Gasteiger partial charge in [-0.1, -0.05) is 30.3 Å². The monoisotopic (exact) mass is 201 g/mol. The molecule has 15 heavy (non-hydrogen) atoms. The molecule has 0 bridgehead atoms. The number of aromatic nitrogens is 2. The molecule has 2 rings (SSSR count). The van der Waals surface area contributed by atoms with Gasteiger partial charge in [0, 0.05) is 11.6 Å². The average Bonchev–Trinajstić information content (AvgIpc) is 2.61. The molecule has 0 aliphatic carbocycles. The van der Waals surface area contributed by atoms with Crippen LogP contribution in [0.3, 0.4) is 0 Å². The van der Waals surface area contributed by atoms with E-state index >= 15 is 0 Å². The van der Waals surface area contributed by atoms with Crippen LogP contribution in [-0.4, -0.2) is 9.78 Å². The average molecular weight is 201 g/mol. The van der Waals surface area contributed by atoms with Crippen molar-refractivity contribution in [1.82, 2.24) is 9.78 Å². The molecule has 0 spiro atoms. The SMILES string of the molecule is CC(C)n1ncc(N)c1-c1ccccc1. The second-order valence-electron chi connectivity index (χ2n) is 3.85. The molecule has 3 heteroatoms. The number of nitrogens with two attached hydrogens (primary N) is 1. The zero-order chi connectivity index (χ0) is 10.8. The van der Waals surface area contributed by atoms with Gasteiger partial charge in [0.25, 0.3) is 0 Å². The number of hydrogen-bond donors (Lipinski definition) is 1. The topological polar surface area (TPSA) is 43.8 Å². The Kier molecular flexibility index (Phi) is 2.46. The smallest absolute Gasteiger partial charge is 0.0915 e. The Bertz CT molecular complexity index is 443. The quantitative estimate of drug-likeness (QED) is 0.811.